The molecule has 8 rings (SSSR count). The third kappa shape index (κ3) is 4.82. The van der Waals surface area contributed by atoms with Gasteiger partial charge in [-0.2, -0.15) is 0 Å². The first kappa shape index (κ1) is 22.5. The molecule has 2 aliphatic heterocycles. The summed E-state index contributed by atoms with van der Waals surface area (Å²) in [7, 11) is 9.19. The average molecular weight is 513 g/mol. The van der Waals surface area contributed by atoms with E-state index in [0.29, 0.717) is 33.9 Å². The largest absolute Gasteiger partial charge is 0.370 e. The van der Waals surface area contributed by atoms with Gasteiger partial charge in [0.15, 0.2) is 0 Å². The fourth-order valence-electron chi connectivity index (χ4n) is 8.55. The zero-order valence-corrected chi connectivity index (χ0v) is 22.6. The highest BCUT2D eigenvalue weighted by atomic mass is 33.1. The molecular formula is C26H40O2S4. The lowest BCUT2D eigenvalue weighted by Gasteiger charge is -2.61. The van der Waals surface area contributed by atoms with E-state index in [4.69, 9.17) is 9.47 Å². The smallest absolute Gasteiger partial charge is 0.0844 e. The van der Waals surface area contributed by atoms with Crippen LogP contribution < -0.4 is 0 Å². The van der Waals surface area contributed by atoms with Crippen LogP contribution in [0.15, 0.2) is 0 Å². The van der Waals surface area contributed by atoms with Crippen LogP contribution in [0.3, 0.4) is 0 Å². The highest BCUT2D eigenvalue weighted by molar-refractivity contribution is 8.77. The van der Waals surface area contributed by atoms with Gasteiger partial charge in [0.2, 0.25) is 0 Å². The topological polar surface area (TPSA) is 25.1 Å². The maximum absolute atomic E-state index is 5.75. The van der Waals surface area contributed by atoms with Gasteiger partial charge >= 0.3 is 0 Å². The molecular weight excluding hydrogens is 473 g/mol. The fraction of sp³-hybridized carbons (Fsp3) is 1.00. The Labute approximate surface area is 210 Å². The minimum atomic E-state index is 0.612. The molecule has 6 heteroatoms. The molecule has 8 aliphatic rings. The Hall–Kier alpha value is 1.32. The lowest BCUT2D eigenvalue weighted by molar-refractivity contribution is 0.0588. The Bertz CT molecular complexity index is 635. The SMILES string of the molecule is C(CC1CCC2OC2C1)SSC12CC3CC(C1)CC(SSCCC1CCC4OC4C1)(C3)C2. The second-order valence-corrected chi connectivity index (χ2v) is 18.3. The highest BCUT2D eigenvalue weighted by Crippen LogP contribution is 2.68. The van der Waals surface area contributed by atoms with Gasteiger partial charge in [-0.1, -0.05) is 43.2 Å². The molecule has 8 fully saturated rings. The molecule has 4 bridgehead atoms. The summed E-state index contributed by atoms with van der Waals surface area (Å²) in [6, 6.07) is 0. The summed E-state index contributed by atoms with van der Waals surface area (Å²) in [5.41, 5.74) is 0. The van der Waals surface area contributed by atoms with Gasteiger partial charge in [0.1, 0.15) is 0 Å². The predicted octanol–water partition coefficient (Wildman–Crippen LogP) is 7.76. The summed E-state index contributed by atoms with van der Waals surface area (Å²) in [6.07, 6.45) is 22.9. The molecule has 32 heavy (non-hydrogen) atoms. The van der Waals surface area contributed by atoms with Gasteiger partial charge in [0, 0.05) is 21.0 Å². The number of rotatable bonds is 10. The van der Waals surface area contributed by atoms with E-state index >= 15 is 0 Å². The second-order valence-electron chi connectivity index (χ2n) is 12.5. The molecule has 180 valence electrons. The number of hydrogen-bond acceptors (Lipinski definition) is 6. The second kappa shape index (κ2) is 9.01. The Kier molecular flexibility index (Phi) is 6.34. The first-order valence-electron chi connectivity index (χ1n) is 13.6. The first-order chi connectivity index (χ1) is 15.7. The zero-order valence-electron chi connectivity index (χ0n) is 19.4. The van der Waals surface area contributed by atoms with E-state index < -0.39 is 0 Å². The molecule has 0 spiro atoms. The Morgan fingerprint density at radius 3 is 1.56 bits per heavy atom. The normalized spacial score (nSPS) is 52.5. The summed E-state index contributed by atoms with van der Waals surface area (Å²) in [5.74, 6) is 6.69. The van der Waals surface area contributed by atoms with Crippen molar-refractivity contribution in [3.05, 3.63) is 0 Å². The van der Waals surface area contributed by atoms with Gasteiger partial charge in [-0.15, -0.1) is 0 Å². The summed E-state index contributed by atoms with van der Waals surface area (Å²) in [4.78, 5) is 0. The average Bonchev–Trinajstić information content (AvgIpc) is 3.67. The third-order valence-corrected chi connectivity index (χ3v) is 16.4. The third-order valence-electron chi connectivity index (χ3n) is 9.87. The molecule has 6 aliphatic carbocycles. The van der Waals surface area contributed by atoms with Gasteiger partial charge in [-0.05, 0) is 114 Å². The van der Waals surface area contributed by atoms with E-state index in [9.17, 15) is 0 Å². The molecule has 6 atom stereocenters. The maximum atomic E-state index is 5.75. The Morgan fingerprint density at radius 2 is 1.09 bits per heavy atom. The minimum absolute atomic E-state index is 0.612. The van der Waals surface area contributed by atoms with Crippen molar-refractivity contribution >= 4 is 43.2 Å². The highest BCUT2D eigenvalue weighted by Gasteiger charge is 2.58. The predicted molar refractivity (Wildman–Crippen MR) is 141 cm³/mol. The molecule has 0 N–H and O–H groups in total. The Morgan fingerprint density at radius 1 is 0.594 bits per heavy atom. The molecule has 0 amide bonds. The maximum Gasteiger partial charge on any atom is 0.0844 e. The van der Waals surface area contributed by atoms with Crippen molar-refractivity contribution < 1.29 is 9.47 Å². The fourth-order valence-corrected chi connectivity index (χ4v) is 15.8. The van der Waals surface area contributed by atoms with Crippen LogP contribution >= 0.6 is 43.2 Å². The molecule has 6 unspecified atom stereocenters. The van der Waals surface area contributed by atoms with Gasteiger partial charge in [0.05, 0.1) is 24.4 Å². The lowest BCUT2D eigenvalue weighted by atomic mass is 9.55. The van der Waals surface area contributed by atoms with Crippen LogP contribution in [-0.4, -0.2) is 45.4 Å². The van der Waals surface area contributed by atoms with E-state index in [2.05, 4.69) is 43.2 Å². The summed E-state index contributed by atoms with van der Waals surface area (Å²) >= 11 is 0. The first-order valence-corrected chi connectivity index (χ1v) is 18.2. The number of fused-ring (bicyclic) bond motifs is 2. The number of ether oxygens (including phenoxy) is 2. The van der Waals surface area contributed by atoms with E-state index in [1.807, 2.05) is 0 Å². The number of hydrogen-bond donors (Lipinski definition) is 0. The quantitative estimate of drug-likeness (QED) is 0.168. The molecule has 2 nitrogen and oxygen atoms in total. The van der Waals surface area contributed by atoms with Crippen LogP contribution in [0.5, 0.6) is 0 Å². The standard InChI is InChI=1S/C26H40O2S4/c1-3-21-23(27-21)10-17(1)5-7-29-31-25-12-19-9-20(13-25)15-26(14-19,16-25)32-30-8-6-18-2-4-22-24(11-18)28-22/h17-24H,1-16H2. The van der Waals surface area contributed by atoms with E-state index in [0.717, 1.165) is 23.7 Å². The van der Waals surface area contributed by atoms with E-state index in [1.54, 1.807) is 6.42 Å². The molecule has 2 heterocycles. The Balaban J connectivity index is 0.879. The van der Waals surface area contributed by atoms with E-state index in [1.165, 1.54) is 95.0 Å². The van der Waals surface area contributed by atoms with Crippen molar-refractivity contribution in [2.24, 2.45) is 23.7 Å². The van der Waals surface area contributed by atoms with Crippen molar-refractivity contribution in [1.82, 2.24) is 0 Å². The summed E-state index contributed by atoms with van der Waals surface area (Å²) < 4.78 is 12.7. The van der Waals surface area contributed by atoms with Gasteiger partial charge in [-0.3, -0.25) is 0 Å². The lowest BCUT2D eigenvalue weighted by Crippen LogP contribution is -2.55. The van der Waals surface area contributed by atoms with Crippen molar-refractivity contribution in [2.45, 2.75) is 124 Å². The van der Waals surface area contributed by atoms with Crippen LogP contribution in [0.2, 0.25) is 0 Å². The van der Waals surface area contributed by atoms with Gasteiger partial charge in [0.25, 0.3) is 0 Å². The van der Waals surface area contributed by atoms with Crippen LogP contribution in [0.25, 0.3) is 0 Å². The molecule has 2 saturated heterocycles. The molecule has 6 saturated carbocycles. The van der Waals surface area contributed by atoms with Crippen LogP contribution in [-0.2, 0) is 9.47 Å². The van der Waals surface area contributed by atoms with Crippen molar-refractivity contribution in [3.63, 3.8) is 0 Å². The van der Waals surface area contributed by atoms with Crippen LogP contribution in [0.4, 0.5) is 0 Å². The van der Waals surface area contributed by atoms with Crippen molar-refractivity contribution in [1.29, 1.82) is 0 Å². The minimum Gasteiger partial charge on any atom is -0.370 e. The monoisotopic (exact) mass is 512 g/mol. The summed E-state index contributed by atoms with van der Waals surface area (Å²) in [5, 5.41) is 0. The van der Waals surface area contributed by atoms with Crippen LogP contribution in [0, 0.1) is 23.7 Å². The zero-order chi connectivity index (χ0) is 21.2. The molecule has 0 aromatic rings. The summed E-state index contributed by atoms with van der Waals surface area (Å²) in [6.45, 7) is 0. The molecule has 0 aromatic heterocycles. The van der Waals surface area contributed by atoms with Crippen molar-refractivity contribution in [3.8, 4) is 0 Å². The van der Waals surface area contributed by atoms with Gasteiger partial charge in [-0.25, -0.2) is 0 Å². The number of epoxide rings is 2. The molecule has 0 aromatic carbocycles. The van der Waals surface area contributed by atoms with E-state index in [-0.39, 0.29) is 0 Å². The van der Waals surface area contributed by atoms with Gasteiger partial charge < -0.3 is 9.47 Å². The van der Waals surface area contributed by atoms with Crippen LogP contribution in [0.1, 0.15) is 89.9 Å². The molecule has 0 radical (unpaired) electrons. The van der Waals surface area contributed by atoms with Crippen molar-refractivity contribution in [2.75, 3.05) is 11.5 Å².